The average molecular weight is 360 g/mol. The minimum Gasteiger partial charge on any atom is -0.355 e. The van der Waals surface area contributed by atoms with Gasteiger partial charge in [-0.25, -0.2) is 8.78 Å². The molecule has 0 unspecified atom stereocenters. The van der Waals surface area contributed by atoms with Crippen molar-refractivity contribution in [2.45, 2.75) is 24.8 Å². The zero-order chi connectivity index (χ0) is 17.4. The summed E-state index contributed by atoms with van der Waals surface area (Å²) < 4.78 is 32.7. The molecule has 1 aromatic carbocycles. The molecular formula is C18H14F2N2O2S. The van der Waals surface area contributed by atoms with Crippen molar-refractivity contribution in [1.29, 1.82) is 0 Å². The highest BCUT2D eigenvalue weighted by molar-refractivity contribution is 7.13. The molecule has 7 heteroatoms. The molecule has 1 aliphatic carbocycles. The van der Waals surface area contributed by atoms with Crippen molar-refractivity contribution in [3.05, 3.63) is 64.7 Å². The topological polar surface area (TPSA) is 55.1 Å². The van der Waals surface area contributed by atoms with Crippen LogP contribution >= 0.6 is 11.3 Å². The average Bonchev–Trinajstić information content (AvgIpc) is 3.00. The molecule has 4 nitrogen and oxygen atoms in total. The zero-order valence-corrected chi connectivity index (χ0v) is 13.9. The summed E-state index contributed by atoms with van der Waals surface area (Å²) in [6, 6.07) is 9.22. The Morgan fingerprint density at radius 2 is 2.00 bits per heavy atom. The first kappa shape index (κ1) is 16.0. The Morgan fingerprint density at radius 1 is 1.24 bits per heavy atom. The maximum Gasteiger partial charge on any atom is 0.232 e. The van der Waals surface area contributed by atoms with Crippen LogP contribution in [-0.2, 0) is 16.8 Å². The smallest absolute Gasteiger partial charge is 0.232 e. The summed E-state index contributed by atoms with van der Waals surface area (Å²) in [5, 5.41) is 8.60. The summed E-state index contributed by atoms with van der Waals surface area (Å²) >= 11 is 1.52. The Bertz CT molecular complexity index is 897. The lowest BCUT2D eigenvalue weighted by Gasteiger charge is -2.13. The van der Waals surface area contributed by atoms with E-state index in [2.05, 4.69) is 10.5 Å². The van der Waals surface area contributed by atoms with E-state index in [-0.39, 0.29) is 18.0 Å². The fourth-order valence-electron chi connectivity index (χ4n) is 2.80. The van der Waals surface area contributed by atoms with Gasteiger partial charge in [0.2, 0.25) is 5.91 Å². The minimum absolute atomic E-state index is 0.147. The second-order valence-electron chi connectivity index (χ2n) is 6.02. The van der Waals surface area contributed by atoms with Gasteiger partial charge in [0.05, 0.1) is 16.0 Å². The number of carbonyl (C=O) groups excluding carboxylic acids is 1. The van der Waals surface area contributed by atoms with Gasteiger partial charge >= 0.3 is 0 Å². The largest absolute Gasteiger partial charge is 0.355 e. The third kappa shape index (κ3) is 2.84. The predicted molar refractivity (Wildman–Crippen MR) is 88.9 cm³/mol. The fourth-order valence-corrected chi connectivity index (χ4v) is 3.47. The molecule has 4 rings (SSSR count). The second kappa shape index (κ2) is 6.07. The molecule has 1 fully saturated rings. The van der Waals surface area contributed by atoms with Crippen molar-refractivity contribution in [2.24, 2.45) is 0 Å². The third-order valence-corrected chi connectivity index (χ3v) is 5.32. The Labute approximate surface area is 146 Å². The van der Waals surface area contributed by atoms with Crippen LogP contribution in [-0.4, -0.2) is 11.1 Å². The number of amides is 1. The number of nitrogens with one attached hydrogen (secondary N) is 1. The van der Waals surface area contributed by atoms with Gasteiger partial charge < -0.3 is 9.84 Å². The van der Waals surface area contributed by atoms with Crippen LogP contribution < -0.4 is 5.32 Å². The predicted octanol–water partition coefficient (Wildman–Crippen LogP) is 4.03. The van der Waals surface area contributed by atoms with Crippen LogP contribution in [0.2, 0.25) is 0 Å². The quantitative estimate of drug-likeness (QED) is 0.747. The molecule has 0 bridgehead atoms. The van der Waals surface area contributed by atoms with Crippen LogP contribution in [0.4, 0.5) is 8.78 Å². The van der Waals surface area contributed by atoms with Crippen LogP contribution in [0.25, 0.3) is 10.6 Å². The van der Waals surface area contributed by atoms with Crippen molar-refractivity contribution < 1.29 is 18.1 Å². The van der Waals surface area contributed by atoms with E-state index in [0.29, 0.717) is 24.3 Å². The minimum atomic E-state index is -0.763. The van der Waals surface area contributed by atoms with Gasteiger partial charge in [0, 0.05) is 18.2 Å². The number of carbonyl (C=O) groups is 1. The standard InChI is InChI=1S/C18H14F2N2O2S/c19-12-3-1-4-13(20)11(12)10-21-17(23)18(6-7-18)16-9-14(24-22-16)15-5-2-8-25-15/h1-5,8-9H,6-7,10H2,(H,21,23). The Balaban J connectivity index is 1.50. The molecule has 0 atom stereocenters. The summed E-state index contributed by atoms with van der Waals surface area (Å²) in [6.07, 6.45) is 1.27. The monoisotopic (exact) mass is 360 g/mol. The molecule has 1 amide bonds. The first-order valence-electron chi connectivity index (χ1n) is 7.82. The van der Waals surface area contributed by atoms with Crippen LogP contribution in [0.3, 0.4) is 0 Å². The normalized spacial score (nSPS) is 15.1. The first-order valence-corrected chi connectivity index (χ1v) is 8.70. The molecule has 0 spiro atoms. The van der Waals surface area contributed by atoms with Crippen LogP contribution in [0.15, 0.2) is 46.3 Å². The molecule has 1 N–H and O–H groups in total. The van der Waals surface area contributed by atoms with Gasteiger partial charge in [0.25, 0.3) is 0 Å². The van der Waals surface area contributed by atoms with Gasteiger partial charge in [-0.3, -0.25) is 4.79 Å². The van der Waals surface area contributed by atoms with Crippen molar-refractivity contribution in [1.82, 2.24) is 10.5 Å². The molecule has 3 aromatic rings. The van der Waals surface area contributed by atoms with Crippen molar-refractivity contribution in [3.63, 3.8) is 0 Å². The van der Waals surface area contributed by atoms with Crippen LogP contribution in [0.5, 0.6) is 0 Å². The number of hydrogen-bond donors (Lipinski definition) is 1. The van der Waals surface area contributed by atoms with Gasteiger partial charge in [-0.2, -0.15) is 0 Å². The number of nitrogens with zero attached hydrogens (tertiary/aromatic N) is 1. The van der Waals surface area contributed by atoms with Crippen LogP contribution in [0.1, 0.15) is 24.1 Å². The lowest BCUT2D eigenvalue weighted by Crippen LogP contribution is -2.35. The van der Waals surface area contributed by atoms with E-state index < -0.39 is 17.0 Å². The highest BCUT2D eigenvalue weighted by atomic mass is 32.1. The van der Waals surface area contributed by atoms with Gasteiger partial charge in [0.15, 0.2) is 5.76 Å². The summed E-state index contributed by atoms with van der Waals surface area (Å²) in [4.78, 5) is 13.5. The number of halogens is 2. The highest BCUT2D eigenvalue weighted by Crippen LogP contribution is 2.48. The molecule has 0 saturated heterocycles. The van der Waals surface area contributed by atoms with E-state index in [0.717, 1.165) is 4.88 Å². The van der Waals surface area contributed by atoms with E-state index in [4.69, 9.17) is 4.52 Å². The summed E-state index contributed by atoms with van der Waals surface area (Å²) in [7, 11) is 0. The van der Waals surface area contributed by atoms with E-state index >= 15 is 0 Å². The molecule has 0 radical (unpaired) electrons. The summed E-state index contributed by atoms with van der Waals surface area (Å²) in [6.45, 7) is -0.200. The Morgan fingerprint density at radius 3 is 2.64 bits per heavy atom. The SMILES string of the molecule is O=C(NCc1c(F)cccc1F)C1(c2cc(-c3cccs3)on2)CC1. The number of hydrogen-bond acceptors (Lipinski definition) is 4. The maximum absolute atomic E-state index is 13.7. The van der Waals surface area contributed by atoms with E-state index in [1.54, 1.807) is 6.07 Å². The molecule has 0 aliphatic heterocycles. The molecular weight excluding hydrogens is 346 g/mol. The van der Waals surface area contributed by atoms with Gasteiger partial charge in [-0.1, -0.05) is 17.3 Å². The van der Waals surface area contributed by atoms with E-state index in [1.807, 2.05) is 17.5 Å². The lowest BCUT2D eigenvalue weighted by molar-refractivity contribution is -0.123. The third-order valence-electron chi connectivity index (χ3n) is 4.44. The molecule has 1 saturated carbocycles. The van der Waals surface area contributed by atoms with Crippen LogP contribution in [0, 0.1) is 11.6 Å². The fraction of sp³-hybridized carbons (Fsp3) is 0.222. The van der Waals surface area contributed by atoms with Gasteiger partial charge in [0.1, 0.15) is 11.6 Å². The van der Waals surface area contributed by atoms with Gasteiger partial charge in [-0.15, -0.1) is 11.3 Å². The molecule has 2 aromatic heterocycles. The second-order valence-corrected chi connectivity index (χ2v) is 6.97. The number of benzene rings is 1. The first-order chi connectivity index (χ1) is 12.1. The van der Waals surface area contributed by atoms with Gasteiger partial charge in [-0.05, 0) is 36.4 Å². The Kier molecular flexibility index (Phi) is 3.88. The molecule has 25 heavy (non-hydrogen) atoms. The lowest BCUT2D eigenvalue weighted by atomic mass is 10.0. The molecule has 2 heterocycles. The molecule has 128 valence electrons. The zero-order valence-electron chi connectivity index (χ0n) is 13.1. The number of rotatable bonds is 5. The number of thiophene rings is 1. The van der Waals surface area contributed by atoms with Crippen molar-refractivity contribution in [2.75, 3.05) is 0 Å². The van der Waals surface area contributed by atoms with E-state index in [9.17, 15) is 13.6 Å². The van der Waals surface area contributed by atoms with Crippen molar-refractivity contribution >= 4 is 17.2 Å². The highest BCUT2D eigenvalue weighted by Gasteiger charge is 2.53. The maximum atomic E-state index is 13.7. The van der Waals surface area contributed by atoms with Crippen molar-refractivity contribution in [3.8, 4) is 10.6 Å². The summed E-state index contributed by atoms with van der Waals surface area (Å²) in [5.74, 6) is -1.02. The number of aromatic nitrogens is 1. The molecule has 1 aliphatic rings. The Hall–Kier alpha value is -2.54. The summed E-state index contributed by atoms with van der Waals surface area (Å²) in [5.41, 5.74) is -0.353. The van der Waals surface area contributed by atoms with E-state index in [1.165, 1.54) is 29.5 Å².